The largest absolute Gasteiger partial charge is 0.489 e. The molecule has 3 rings (SSSR count). The first-order chi connectivity index (χ1) is 15.4. The highest BCUT2D eigenvalue weighted by Gasteiger charge is 2.09. The Kier molecular flexibility index (Phi) is 7.41. The molecular formula is C27H27N3O2. The first-order valence-electron chi connectivity index (χ1n) is 10.5. The fraction of sp³-hybridized carbons (Fsp3) is 0.222. The Labute approximate surface area is 189 Å². The van der Waals surface area contributed by atoms with Gasteiger partial charge in [-0.05, 0) is 72.4 Å². The molecule has 1 amide bonds. The van der Waals surface area contributed by atoms with E-state index in [4.69, 9.17) is 10.00 Å². The maximum Gasteiger partial charge on any atom is 0.271 e. The van der Waals surface area contributed by atoms with Crippen LogP contribution >= 0.6 is 0 Å². The van der Waals surface area contributed by atoms with Crippen molar-refractivity contribution in [3.8, 4) is 11.8 Å². The number of ether oxygens (including phenoxy) is 1. The third kappa shape index (κ3) is 5.83. The van der Waals surface area contributed by atoms with Crippen LogP contribution in [-0.4, -0.2) is 11.6 Å². The predicted molar refractivity (Wildman–Crippen MR) is 127 cm³/mol. The first kappa shape index (κ1) is 22.8. The normalized spacial score (nSPS) is 11.2. The lowest BCUT2D eigenvalue weighted by atomic mass is 10.0. The summed E-state index contributed by atoms with van der Waals surface area (Å²) in [5, 5.41) is 13.0. The number of nitrogens with one attached hydrogen (secondary N) is 1. The molecule has 0 radical (unpaired) electrons. The SMILES string of the molecule is C/C(=N/NC(=O)c1ccc(COc2cc(C)ccc2C(C)C)cc1)c1ccc(C#N)cc1. The number of hydrazone groups is 1. The van der Waals surface area contributed by atoms with Crippen molar-refractivity contribution < 1.29 is 9.53 Å². The summed E-state index contributed by atoms with van der Waals surface area (Å²) in [5.74, 6) is 0.991. The van der Waals surface area contributed by atoms with Gasteiger partial charge in [0.25, 0.3) is 5.91 Å². The smallest absolute Gasteiger partial charge is 0.271 e. The number of rotatable bonds is 7. The van der Waals surface area contributed by atoms with Crippen LogP contribution in [0.2, 0.25) is 0 Å². The van der Waals surface area contributed by atoms with Crippen molar-refractivity contribution in [2.24, 2.45) is 5.10 Å². The van der Waals surface area contributed by atoms with E-state index in [1.165, 1.54) is 5.56 Å². The minimum absolute atomic E-state index is 0.286. The fourth-order valence-electron chi connectivity index (χ4n) is 3.21. The number of nitriles is 1. The molecule has 0 unspecified atom stereocenters. The van der Waals surface area contributed by atoms with Crippen molar-refractivity contribution in [3.63, 3.8) is 0 Å². The van der Waals surface area contributed by atoms with Crippen LogP contribution in [0.15, 0.2) is 71.8 Å². The van der Waals surface area contributed by atoms with Gasteiger partial charge in [-0.2, -0.15) is 10.4 Å². The van der Waals surface area contributed by atoms with E-state index in [9.17, 15) is 4.79 Å². The molecule has 3 aromatic rings. The van der Waals surface area contributed by atoms with Crippen LogP contribution in [0.3, 0.4) is 0 Å². The highest BCUT2D eigenvalue weighted by atomic mass is 16.5. The average Bonchev–Trinajstić information content (AvgIpc) is 2.81. The molecule has 5 heteroatoms. The predicted octanol–water partition coefficient (Wildman–Crippen LogP) is 5.72. The topological polar surface area (TPSA) is 74.5 Å². The summed E-state index contributed by atoms with van der Waals surface area (Å²) in [6.45, 7) is 8.59. The van der Waals surface area contributed by atoms with Gasteiger partial charge in [-0.15, -0.1) is 0 Å². The molecule has 5 nitrogen and oxygen atoms in total. The zero-order chi connectivity index (χ0) is 23.1. The summed E-state index contributed by atoms with van der Waals surface area (Å²) in [7, 11) is 0. The van der Waals surface area contributed by atoms with Crippen LogP contribution < -0.4 is 10.2 Å². The molecule has 0 atom stereocenters. The van der Waals surface area contributed by atoms with E-state index in [2.05, 4.69) is 55.6 Å². The molecule has 0 aliphatic rings. The standard InChI is InChI=1S/C27H27N3O2/c1-18(2)25-14-5-19(3)15-26(25)32-17-22-8-12-24(13-9-22)27(31)30-29-20(4)23-10-6-21(16-28)7-11-23/h5-15,18H,17H2,1-4H3,(H,30,31)/b29-20-. The van der Waals surface area contributed by atoms with Gasteiger partial charge in [0.15, 0.2) is 0 Å². The van der Waals surface area contributed by atoms with Gasteiger partial charge in [0.1, 0.15) is 12.4 Å². The number of carbonyl (C=O) groups excluding carboxylic acids is 1. The second-order valence-electron chi connectivity index (χ2n) is 8.01. The van der Waals surface area contributed by atoms with E-state index >= 15 is 0 Å². The van der Waals surface area contributed by atoms with Crippen LogP contribution in [0.5, 0.6) is 5.75 Å². The third-order valence-electron chi connectivity index (χ3n) is 5.16. The highest BCUT2D eigenvalue weighted by molar-refractivity contribution is 6.00. The lowest BCUT2D eigenvalue weighted by molar-refractivity contribution is 0.0954. The van der Waals surface area contributed by atoms with Gasteiger partial charge >= 0.3 is 0 Å². The van der Waals surface area contributed by atoms with Gasteiger partial charge in [-0.1, -0.05) is 50.2 Å². The molecule has 0 spiro atoms. The van der Waals surface area contributed by atoms with Gasteiger partial charge in [-0.25, -0.2) is 5.43 Å². The second kappa shape index (κ2) is 10.4. The van der Waals surface area contributed by atoms with Crippen molar-refractivity contribution in [2.75, 3.05) is 0 Å². The Hall–Kier alpha value is -3.91. The average molecular weight is 426 g/mol. The first-order valence-corrected chi connectivity index (χ1v) is 10.5. The zero-order valence-corrected chi connectivity index (χ0v) is 18.8. The van der Waals surface area contributed by atoms with Crippen LogP contribution in [0, 0.1) is 18.3 Å². The van der Waals surface area contributed by atoms with Crippen LogP contribution in [-0.2, 0) is 6.61 Å². The molecule has 3 aromatic carbocycles. The molecule has 0 bridgehead atoms. The van der Waals surface area contributed by atoms with E-state index in [0.29, 0.717) is 29.4 Å². The van der Waals surface area contributed by atoms with Crippen LogP contribution in [0.25, 0.3) is 0 Å². The Bertz CT molecular complexity index is 1160. The summed E-state index contributed by atoms with van der Waals surface area (Å²) < 4.78 is 6.07. The Morgan fingerprint density at radius 1 is 1.03 bits per heavy atom. The number of aryl methyl sites for hydroxylation is 1. The van der Waals surface area contributed by atoms with E-state index in [1.807, 2.05) is 12.1 Å². The van der Waals surface area contributed by atoms with Crippen molar-refractivity contribution >= 4 is 11.6 Å². The summed E-state index contributed by atoms with van der Waals surface area (Å²) in [6, 6.07) is 22.7. The summed E-state index contributed by atoms with van der Waals surface area (Å²) in [6.07, 6.45) is 0. The van der Waals surface area contributed by atoms with Crippen LogP contribution in [0.1, 0.15) is 64.9 Å². The Morgan fingerprint density at radius 2 is 1.69 bits per heavy atom. The number of benzene rings is 3. The lowest BCUT2D eigenvalue weighted by Crippen LogP contribution is -2.19. The number of amides is 1. The van der Waals surface area contributed by atoms with E-state index < -0.39 is 0 Å². The quantitative estimate of drug-likeness (QED) is 0.388. The van der Waals surface area contributed by atoms with E-state index in [-0.39, 0.29) is 5.91 Å². The Morgan fingerprint density at radius 3 is 2.31 bits per heavy atom. The summed E-state index contributed by atoms with van der Waals surface area (Å²) in [5.41, 5.74) is 8.51. The lowest BCUT2D eigenvalue weighted by Gasteiger charge is -2.15. The zero-order valence-electron chi connectivity index (χ0n) is 18.8. The monoisotopic (exact) mass is 425 g/mol. The minimum Gasteiger partial charge on any atom is -0.489 e. The van der Waals surface area contributed by atoms with Crippen molar-refractivity contribution in [1.82, 2.24) is 5.43 Å². The third-order valence-corrected chi connectivity index (χ3v) is 5.16. The van der Waals surface area contributed by atoms with Gasteiger partial charge in [-0.3, -0.25) is 4.79 Å². The molecule has 1 N–H and O–H groups in total. The van der Waals surface area contributed by atoms with Gasteiger partial charge in [0.05, 0.1) is 17.3 Å². The summed E-state index contributed by atoms with van der Waals surface area (Å²) in [4.78, 5) is 12.4. The maximum absolute atomic E-state index is 12.4. The highest BCUT2D eigenvalue weighted by Crippen LogP contribution is 2.28. The molecule has 0 saturated carbocycles. The van der Waals surface area contributed by atoms with Gasteiger partial charge in [0, 0.05) is 5.56 Å². The molecule has 0 saturated heterocycles. The van der Waals surface area contributed by atoms with Gasteiger partial charge in [0.2, 0.25) is 0 Å². The number of carbonyl (C=O) groups is 1. The minimum atomic E-state index is -0.286. The number of nitrogens with zero attached hydrogens (tertiary/aromatic N) is 2. The Balaban J connectivity index is 1.61. The molecule has 0 aliphatic carbocycles. The molecule has 0 aliphatic heterocycles. The van der Waals surface area contributed by atoms with Crippen molar-refractivity contribution in [1.29, 1.82) is 5.26 Å². The summed E-state index contributed by atoms with van der Waals surface area (Å²) >= 11 is 0. The number of hydrogen-bond acceptors (Lipinski definition) is 4. The van der Waals surface area contributed by atoms with E-state index in [0.717, 1.165) is 22.4 Å². The van der Waals surface area contributed by atoms with Crippen molar-refractivity contribution in [2.45, 2.75) is 40.2 Å². The second-order valence-corrected chi connectivity index (χ2v) is 8.01. The molecule has 0 aromatic heterocycles. The fourth-order valence-corrected chi connectivity index (χ4v) is 3.21. The maximum atomic E-state index is 12.4. The van der Waals surface area contributed by atoms with Gasteiger partial charge < -0.3 is 4.74 Å². The molecule has 32 heavy (non-hydrogen) atoms. The molecular weight excluding hydrogens is 398 g/mol. The van der Waals surface area contributed by atoms with Crippen LogP contribution in [0.4, 0.5) is 0 Å². The van der Waals surface area contributed by atoms with Crippen molar-refractivity contribution in [3.05, 3.63) is 100 Å². The molecule has 0 fully saturated rings. The molecule has 162 valence electrons. The number of hydrogen-bond donors (Lipinski definition) is 1. The van der Waals surface area contributed by atoms with E-state index in [1.54, 1.807) is 43.3 Å². The molecule has 0 heterocycles.